The van der Waals surface area contributed by atoms with Gasteiger partial charge in [0.05, 0.1) is 11.8 Å². The largest absolute Gasteiger partial charge is 0.393 e. The van der Waals surface area contributed by atoms with E-state index in [1.54, 1.807) is 18.3 Å². The molecular formula is C11H16ClN3O2. The average molecular weight is 258 g/mol. The van der Waals surface area contributed by atoms with E-state index < -0.39 is 0 Å². The normalized spacial score (nSPS) is 11.9. The van der Waals surface area contributed by atoms with Crippen LogP contribution in [0.15, 0.2) is 18.3 Å². The highest BCUT2D eigenvalue weighted by atomic mass is 35.5. The number of aliphatic hydroxyl groups excluding tert-OH is 1. The summed E-state index contributed by atoms with van der Waals surface area (Å²) < 4.78 is 0. The molecule has 0 spiro atoms. The molecule has 0 radical (unpaired) electrons. The Kier molecular flexibility index (Phi) is 5.72. The maximum Gasteiger partial charge on any atom is 0.319 e. The number of anilines is 1. The number of hydrogen-bond acceptors (Lipinski definition) is 3. The molecule has 0 aliphatic carbocycles. The van der Waals surface area contributed by atoms with Gasteiger partial charge in [0.2, 0.25) is 0 Å². The second-order valence-corrected chi connectivity index (χ2v) is 3.93. The SMILES string of the molecule is CCC(O)CCNC(=O)Nc1cccnc1Cl. The van der Waals surface area contributed by atoms with Gasteiger partial charge in [-0.1, -0.05) is 18.5 Å². The highest BCUT2D eigenvalue weighted by Crippen LogP contribution is 2.16. The van der Waals surface area contributed by atoms with Crippen molar-refractivity contribution in [2.75, 3.05) is 11.9 Å². The first kappa shape index (κ1) is 13.7. The molecule has 17 heavy (non-hydrogen) atoms. The topological polar surface area (TPSA) is 74.2 Å². The predicted molar refractivity (Wildman–Crippen MR) is 67.2 cm³/mol. The van der Waals surface area contributed by atoms with E-state index in [4.69, 9.17) is 11.6 Å². The van der Waals surface area contributed by atoms with Crippen molar-refractivity contribution in [2.24, 2.45) is 0 Å². The van der Waals surface area contributed by atoms with Crippen LogP contribution in [0.25, 0.3) is 0 Å². The first-order chi connectivity index (χ1) is 8.13. The lowest BCUT2D eigenvalue weighted by Crippen LogP contribution is -2.31. The maximum atomic E-state index is 11.4. The van der Waals surface area contributed by atoms with Crippen molar-refractivity contribution < 1.29 is 9.90 Å². The molecule has 1 unspecified atom stereocenters. The number of nitrogens with zero attached hydrogens (tertiary/aromatic N) is 1. The molecule has 3 N–H and O–H groups in total. The van der Waals surface area contributed by atoms with E-state index >= 15 is 0 Å². The quantitative estimate of drug-likeness (QED) is 0.707. The van der Waals surface area contributed by atoms with Crippen molar-refractivity contribution in [2.45, 2.75) is 25.9 Å². The molecule has 1 aromatic heterocycles. The Hall–Kier alpha value is -1.33. The van der Waals surface area contributed by atoms with Crippen LogP contribution in [0.3, 0.4) is 0 Å². The highest BCUT2D eigenvalue weighted by Gasteiger charge is 2.06. The highest BCUT2D eigenvalue weighted by molar-refractivity contribution is 6.32. The summed E-state index contributed by atoms with van der Waals surface area (Å²) in [6.45, 7) is 2.30. The second-order valence-electron chi connectivity index (χ2n) is 3.57. The van der Waals surface area contributed by atoms with Gasteiger partial charge in [0.25, 0.3) is 0 Å². The van der Waals surface area contributed by atoms with Crippen LogP contribution in [0, 0.1) is 0 Å². The summed E-state index contributed by atoms with van der Waals surface area (Å²) >= 11 is 5.78. The van der Waals surface area contributed by atoms with Gasteiger partial charge in [-0.15, -0.1) is 0 Å². The zero-order valence-corrected chi connectivity index (χ0v) is 10.4. The number of aliphatic hydroxyl groups is 1. The summed E-state index contributed by atoms with van der Waals surface area (Å²) in [5.41, 5.74) is 0.461. The molecule has 0 fully saturated rings. The monoisotopic (exact) mass is 257 g/mol. The minimum absolute atomic E-state index is 0.247. The Morgan fingerprint density at radius 2 is 2.41 bits per heavy atom. The summed E-state index contributed by atoms with van der Waals surface area (Å²) in [6.07, 6.45) is 2.38. The number of hydrogen-bond donors (Lipinski definition) is 3. The van der Waals surface area contributed by atoms with Gasteiger partial charge in [-0.2, -0.15) is 0 Å². The molecule has 1 heterocycles. The number of aromatic nitrogens is 1. The number of amides is 2. The standard InChI is InChI=1S/C11H16ClN3O2/c1-2-8(16)5-7-14-11(17)15-9-4-3-6-13-10(9)12/h3-4,6,8,16H,2,5,7H2,1H3,(H2,14,15,17). The van der Waals surface area contributed by atoms with Crippen LogP contribution in [0.1, 0.15) is 19.8 Å². The Bertz CT molecular complexity index is 373. The van der Waals surface area contributed by atoms with E-state index in [0.29, 0.717) is 25.1 Å². The van der Waals surface area contributed by atoms with Crippen LogP contribution in [0.5, 0.6) is 0 Å². The van der Waals surface area contributed by atoms with E-state index in [9.17, 15) is 9.90 Å². The Morgan fingerprint density at radius 3 is 3.06 bits per heavy atom. The van der Waals surface area contributed by atoms with Gasteiger partial charge in [0.1, 0.15) is 0 Å². The van der Waals surface area contributed by atoms with E-state index in [1.165, 1.54) is 0 Å². The fraction of sp³-hybridized carbons (Fsp3) is 0.455. The summed E-state index contributed by atoms with van der Waals surface area (Å²) in [5.74, 6) is 0. The lowest BCUT2D eigenvalue weighted by molar-refractivity contribution is 0.160. The number of carbonyl (C=O) groups is 1. The fourth-order valence-electron chi connectivity index (χ4n) is 1.20. The van der Waals surface area contributed by atoms with E-state index in [0.717, 1.165) is 0 Å². The number of urea groups is 1. The van der Waals surface area contributed by atoms with Crippen LogP contribution in [-0.2, 0) is 0 Å². The first-order valence-corrected chi connectivity index (χ1v) is 5.84. The molecule has 1 atom stereocenters. The van der Waals surface area contributed by atoms with Crippen LogP contribution >= 0.6 is 11.6 Å². The number of halogens is 1. The molecule has 0 bridgehead atoms. The molecule has 0 aromatic carbocycles. The van der Waals surface area contributed by atoms with Gasteiger partial charge in [-0.25, -0.2) is 9.78 Å². The van der Waals surface area contributed by atoms with Crippen molar-refractivity contribution in [1.82, 2.24) is 10.3 Å². The Labute approximate surface area is 105 Å². The van der Waals surface area contributed by atoms with Gasteiger partial charge in [-0.05, 0) is 25.0 Å². The third-order valence-corrected chi connectivity index (χ3v) is 2.54. The van der Waals surface area contributed by atoms with Crippen LogP contribution in [0.4, 0.5) is 10.5 Å². The summed E-state index contributed by atoms with van der Waals surface area (Å²) in [7, 11) is 0. The van der Waals surface area contributed by atoms with Crippen molar-refractivity contribution in [3.63, 3.8) is 0 Å². The molecule has 94 valence electrons. The summed E-state index contributed by atoms with van der Waals surface area (Å²) in [4.78, 5) is 15.3. The lowest BCUT2D eigenvalue weighted by Gasteiger charge is -2.10. The molecule has 2 amide bonds. The van der Waals surface area contributed by atoms with Crippen molar-refractivity contribution in [3.05, 3.63) is 23.5 Å². The third-order valence-electron chi connectivity index (χ3n) is 2.24. The van der Waals surface area contributed by atoms with Gasteiger partial charge in [0.15, 0.2) is 5.15 Å². The van der Waals surface area contributed by atoms with Crippen molar-refractivity contribution >= 4 is 23.3 Å². The fourth-order valence-corrected chi connectivity index (χ4v) is 1.37. The maximum absolute atomic E-state index is 11.4. The van der Waals surface area contributed by atoms with Gasteiger partial charge >= 0.3 is 6.03 Å². The molecule has 0 saturated heterocycles. The smallest absolute Gasteiger partial charge is 0.319 e. The lowest BCUT2D eigenvalue weighted by atomic mass is 10.2. The Balaban J connectivity index is 2.33. The molecule has 1 aromatic rings. The van der Waals surface area contributed by atoms with Crippen molar-refractivity contribution in [1.29, 1.82) is 0 Å². The number of nitrogens with one attached hydrogen (secondary N) is 2. The zero-order valence-electron chi connectivity index (χ0n) is 9.61. The first-order valence-electron chi connectivity index (χ1n) is 5.47. The number of pyridine rings is 1. The van der Waals surface area contributed by atoms with E-state index in [-0.39, 0.29) is 17.3 Å². The molecule has 5 nitrogen and oxygen atoms in total. The number of carbonyl (C=O) groups excluding carboxylic acids is 1. The zero-order chi connectivity index (χ0) is 12.7. The average Bonchev–Trinajstić information content (AvgIpc) is 2.32. The summed E-state index contributed by atoms with van der Waals surface area (Å²) in [5, 5.41) is 14.8. The van der Waals surface area contributed by atoms with Crippen LogP contribution in [0.2, 0.25) is 5.15 Å². The van der Waals surface area contributed by atoms with Crippen molar-refractivity contribution in [3.8, 4) is 0 Å². The molecular weight excluding hydrogens is 242 g/mol. The molecule has 0 aliphatic rings. The number of rotatable bonds is 5. The van der Waals surface area contributed by atoms with Gasteiger partial charge < -0.3 is 15.7 Å². The second kappa shape index (κ2) is 7.09. The van der Waals surface area contributed by atoms with E-state index in [2.05, 4.69) is 15.6 Å². The van der Waals surface area contributed by atoms with E-state index in [1.807, 2.05) is 6.92 Å². The minimum Gasteiger partial charge on any atom is -0.393 e. The predicted octanol–water partition coefficient (Wildman–Crippen LogP) is 2.02. The summed E-state index contributed by atoms with van der Waals surface area (Å²) in [6, 6.07) is 2.99. The molecule has 1 rings (SSSR count). The Morgan fingerprint density at radius 1 is 1.65 bits per heavy atom. The third kappa shape index (κ3) is 5.01. The van der Waals surface area contributed by atoms with Gasteiger partial charge in [0, 0.05) is 12.7 Å². The molecule has 0 saturated carbocycles. The van der Waals surface area contributed by atoms with Gasteiger partial charge in [-0.3, -0.25) is 0 Å². The molecule has 0 aliphatic heterocycles. The minimum atomic E-state index is -0.378. The van der Waals surface area contributed by atoms with Crippen LogP contribution in [-0.4, -0.2) is 28.8 Å². The van der Waals surface area contributed by atoms with Crippen LogP contribution < -0.4 is 10.6 Å². The molecule has 6 heteroatoms.